The van der Waals surface area contributed by atoms with Crippen molar-refractivity contribution in [2.45, 2.75) is 6.18 Å². The normalized spacial score (nSPS) is 11.2. The molecule has 0 radical (unpaired) electrons. The molecule has 1 aromatic carbocycles. The highest BCUT2D eigenvalue weighted by molar-refractivity contribution is 6.06. The Bertz CT molecular complexity index is 850. The van der Waals surface area contributed by atoms with Gasteiger partial charge in [0, 0.05) is 11.4 Å². The van der Waals surface area contributed by atoms with Crippen molar-refractivity contribution in [1.82, 2.24) is 0 Å². The maximum atomic E-state index is 13.1. The second-order valence-electron chi connectivity index (χ2n) is 5.23. The summed E-state index contributed by atoms with van der Waals surface area (Å²) in [7, 11) is 0. The fraction of sp³-hybridized carbons (Fsp3) is 0.0588. The lowest BCUT2D eigenvalue weighted by Gasteiger charge is -2.13. The Morgan fingerprint density at radius 3 is 1.62 bits per heavy atom. The first-order chi connectivity index (χ1) is 12.3. The fourth-order valence-electron chi connectivity index (χ4n) is 2.13. The largest absolute Gasteiger partial charge is 0.472 e. The van der Waals surface area contributed by atoms with Gasteiger partial charge in [-0.05, 0) is 30.3 Å². The zero-order valence-electron chi connectivity index (χ0n) is 13.0. The van der Waals surface area contributed by atoms with Gasteiger partial charge in [0.2, 0.25) is 0 Å². The monoisotopic (exact) mass is 364 g/mol. The van der Waals surface area contributed by atoms with E-state index in [1.807, 2.05) is 0 Å². The lowest BCUT2D eigenvalue weighted by Crippen LogP contribution is -2.15. The molecule has 6 nitrogen and oxygen atoms in total. The number of anilines is 2. The van der Waals surface area contributed by atoms with Gasteiger partial charge in [-0.2, -0.15) is 13.2 Å². The molecule has 3 aromatic rings. The van der Waals surface area contributed by atoms with Crippen LogP contribution >= 0.6 is 0 Å². The average molecular weight is 364 g/mol. The molecule has 0 aliphatic carbocycles. The van der Waals surface area contributed by atoms with E-state index in [4.69, 9.17) is 8.83 Å². The van der Waals surface area contributed by atoms with Crippen LogP contribution in [0, 0.1) is 0 Å². The van der Waals surface area contributed by atoms with Gasteiger partial charge >= 0.3 is 6.18 Å². The van der Waals surface area contributed by atoms with Crippen LogP contribution in [0.15, 0.2) is 64.2 Å². The Labute approximate surface area is 144 Å². The van der Waals surface area contributed by atoms with Gasteiger partial charge in [-0.1, -0.05) is 0 Å². The number of halogens is 3. The van der Waals surface area contributed by atoms with Crippen LogP contribution in [0.1, 0.15) is 26.3 Å². The summed E-state index contributed by atoms with van der Waals surface area (Å²) in [6.45, 7) is 0. The van der Waals surface area contributed by atoms with Crippen molar-refractivity contribution >= 4 is 23.2 Å². The first-order valence-electron chi connectivity index (χ1n) is 7.22. The highest BCUT2D eigenvalue weighted by Crippen LogP contribution is 2.33. The smallest absolute Gasteiger partial charge is 0.416 e. The van der Waals surface area contributed by atoms with E-state index < -0.39 is 23.6 Å². The maximum Gasteiger partial charge on any atom is 0.416 e. The lowest BCUT2D eigenvalue weighted by molar-refractivity contribution is -0.137. The third-order valence-corrected chi connectivity index (χ3v) is 3.34. The molecule has 2 heterocycles. The zero-order chi connectivity index (χ0) is 18.7. The summed E-state index contributed by atoms with van der Waals surface area (Å²) in [6, 6.07) is 5.48. The van der Waals surface area contributed by atoms with Crippen LogP contribution in [0.25, 0.3) is 0 Å². The van der Waals surface area contributed by atoms with Gasteiger partial charge < -0.3 is 19.5 Å². The van der Waals surface area contributed by atoms with E-state index in [-0.39, 0.29) is 22.5 Å². The van der Waals surface area contributed by atoms with Gasteiger partial charge in [0.15, 0.2) is 0 Å². The second kappa shape index (κ2) is 6.79. The predicted molar refractivity (Wildman–Crippen MR) is 84.8 cm³/mol. The summed E-state index contributed by atoms with van der Waals surface area (Å²) in [4.78, 5) is 24.0. The summed E-state index contributed by atoms with van der Waals surface area (Å²) in [5, 5.41) is 4.67. The Balaban J connectivity index is 1.89. The molecule has 3 rings (SSSR count). The lowest BCUT2D eigenvalue weighted by atomic mass is 10.1. The molecule has 0 unspecified atom stereocenters. The SMILES string of the molecule is O=C(Nc1cc(NC(=O)c2ccoc2)cc(C(F)(F)F)c1)c1ccoc1. The number of rotatable bonds is 4. The topological polar surface area (TPSA) is 84.5 Å². The molecule has 0 aliphatic heterocycles. The van der Waals surface area contributed by atoms with Crippen LogP contribution in [-0.4, -0.2) is 11.8 Å². The minimum absolute atomic E-state index is 0.131. The van der Waals surface area contributed by atoms with Gasteiger partial charge in [0.05, 0.1) is 29.2 Å². The summed E-state index contributed by atoms with van der Waals surface area (Å²) in [5.74, 6) is -1.30. The van der Waals surface area contributed by atoms with Crippen molar-refractivity contribution in [3.05, 3.63) is 72.1 Å². The minimum Gasteiger partial charge on any atom is -0.472 e. The van der Waals surface area contributed by atoms with Crippen molar-refractivity contribution in [2.24, 2.45) is 0 Å². The van der Waals surface area contributed by atoms with Crippen molar-refractivity contribution < 1.29 is 31.6 Å². The van der Waals surface area contributed by atoms with Gasteiger partial charge in [0.1, 0.15) is 12.5 Å². The van der Waals surface area contributed by atoms with E-state index in [2.05, 4.69) is 10.6 Å². The Kier molecular flexibility index (Phi) is 4.53. The Morgan fingerprint density at radius 1 is 0.808 bits per heavy atom. The highest BCUT2D eigenvalue weighted by Gasteiger charge is 2.31. The number of carbonyl (C=O) groups is 2. The van der Waals surface area contributed by atoms with Crippen LogP contribution in [0.5, 0.6) is 0 Å². The molecule has 2 amide bonds. The molecule has 134 valence electrons. The molecular weight excluding hydrogens is 353 g/mol. The first kappa shape index (κ1) is 17.3. The Hall–Kier alpha value is -3.49. The van der Waals surface area contributed by atoms with E-state index in [0.717, 1.165) is 24.7 Å². The van der Waals surface area contributed by atoms with Gasteiger partial charge in [0.25, 0.3) is 11.8 Å². The number of nitrogens with one attached hydrogen (secondary N) is 2. The van der Waals surface area contributed by atoms with Crippen LogP contribution in [0.2, 0.25) is 0 Å². The zero-order valence-corrected chi connectivity index (χ0v) is 13.0. The molecule has 0 fully saturated rings. The van der Waals surface area contributed by atoms with Crippen LogP contribution in [0.3, 0.4) is 0 Å². The third kappa shape index (κ3) is 3.94. The molecule has 0 spiro atoms. The molecule has 0 aliphatic rings. The summed E-state index contributed by atoms with van der Waals surface area (Å²) in [6.07, 6.45) is 0.176. The van der Waals surface area contributed by atoms with Gasteiger partial charge in [-0.25, -0.2) is 0 Å². The number of hydrogen-bond acceptors (Lipinski definition) is 4. The summed E-state index contributed by atoms with van der Waals surface area (Å²) < 4.78 is 48.9. The van der Waals surface area contributed by atoms with E-state index >= 15 is 0 Å². The average Bonchev–Trinajstić information content (AvgIpc) is 3.27. The molecule has 0 atom stereocenters. The number of benzene rings is 1. The van der Waals surface area contributed by atoms with E-state index in [1.54, 1.807) is 0 Å². The molecule has 9 heteroatoms. The third-order valence-electron chi connectivity index (χ3n) is 3.34. The van der Waals surface area contributed by atoms with Gasteiger partial charge in [-0.3, -0.25) is 9.59 Å². The second-order valence-corrected chi connectivity index (χ2v) is 5.23. The molecule has 2 aromatic heterocycles. The molecule has 0 saturated carbocycles. The Morgan fingerprint density at radius 2 is 1.27 bits per heavy atom. The van der Waals surface area contributed by atoms with Crippen LogP contribution < -0.4 is 10.6 Å². The highest BCUT2D eigenvalue weighted by atomic mass is 19.4. The molecule has 0 bridgehead atoms. The number of alkyl halides is 3. The van der Waals surface area contributed by atoms with Gasteiger partial charge in [-0.15, -0.1) is 0 Å². The number of amides is 2. The fourth-order valence-corrected chi connectivity index (χ4v) is 2.13. The van der Waals surface area contributed by atoms with Crippen LogP contribution in [0.4, 0.5) is 24.5 Å². The molecule has 2 N–H and O–H groups in total. The van der Waals surface area contributed by atoms with E-state index in [9.17, 15) is 22.8 Å². The maximum absolute atomic E-state index is 13.1. The number of carbonyl (C=O) groups excluding carboxylic acids is 2. The molecular formula is C17H11F3N2O4. The predicted octanol–water partition coefficient (Wildman–Crippen LogP) is 4.40. The van der Waals surface area contributed by atoms with Crippen molar-refractivity contribution in [3.63, 3.8) is 0 Å². The standard InChI is InChI=1S/C17H11F3N2O4/c18-17(19,20)12-5-13(21-15(23)10-1-3-25-8-10)7-14(6-12)22-16(24)11-2-4-26-9-11/h1-9H,(H,21,23)(H,22,24). The first-order valence-corrected chi connectivity index (χ1v) is 7.22. The van der Waals surface area contributed by atoms with Crippen molar-refractivity contribution in [1.29, 1.82) is 0 Å². The van der Waals surface area contributed by atoms with Crippen LogP contribution in [-0.2, 0) is 6.18 Å². The summed E-state index contributed by atoms with van der Waals surface area (Å²) >= 11 is 0. The molecule has 0 saturated heterocycles. The van der Waals surface area contributed by atoms with Crippen molar-refractivity contribution in [3.8, 4) is 0 Å². The quantitative estimate of drug-likeness (QED) is 0.719. The van der Waals surface area contributed by atoms with Crippen molar-refractivity contribution in [2.75, 3.05) is 10.6 Å². The van der Waals surface area contributed by atoms with E-state index in [1.165, 1.54) is 30.7 Å². The number of hydrogen-bond donors (Lipinski definition) is 2. The molecule has 26 heavy (non-hydrogen) atoms. The minimum atomic E-state index is -4.66. The number of furan rings is 2. The summed E-state index contributed by atoms with van der Waals surface area (Å²) in [5.41, 5.74) is -0.996. The van der Waals surface area contributed by atoms with E-state index in [0.29, 0.717) is 0 Å².